The topological polar surface area (TPSA) is 98.5 Å². The molecule has 3 aromatic rings. The number of nitrogens with one attached hydrogen (secondary N) is 1. The molecule has 0 aliphatic rings. The quantitative estimate of drug-likeness (QED) is 0.555. The molecule has 0 saturated carbocycles. The molecule has 3 aromatic carbocycles. The minimum Gasteiger partial charge on any atom is -0.497 e. The summed E-state index contributed by atoms with van der Waals surface area (Å²) < 4.78 is 32.8. The third kappa shape index (κ3) is 3.24. The molecule has 0 unspecified atom stereocenters. The predicted octanol–water partition coefficient (Wildman–Crippen LogP) is 3.56. The maximum absolute atomic E-state index is 12.7. The molecule has 8 heteroatoms. The van der Waals surface area contributed by atoms with Gasteiger partial charge in [0, 0.05) is 5.39 Å². The zero-order valence-corrected chi connectivity index (χ0v) is 14.0. The van der Waals surface area contributed by atoms with Gasteiger partial charge >= 0.3 is 0 Å². The van der Waals surface area contributed by atoms with Crippen molar-refractivity contribution in [1.82, 2.24) is 0 Å². The van der Waals surface area contributed by atoms with Crippen molar-refractivity contribution in [3.63, 3.8) is 0 Å². The zero-order chi connectivity index (χ0) is 18.0. The maximum atomic E-state index is 12.7. The van der Waals surface area contributed by atoms with E-state index < -0.39 is 25.5 Å². The van der Waals surface area contributed by atoms with Crippen molar-refractivity contribution in [1.29, 1.82) is 0 Å². The first-order valence-corrected chi connectivity index (χ1v) is 8.74. The summed E-state index contributed by atoms with van der Waals surface area (Å²) in [6.07, 6.45) is 0. The summed E-state index contributed by atoms with van der Waals surface area (Å²) >= 11 is 0. The summed E-state index contributed by atoms with van der Waals surface area (Å²) in [6, 6.07) is 16.0. The first kappa shape index (κ1) is 16.7. The van der Waals surface area contributed by atoms with Gasteiger partial charge in [0.2, 0.25) is 0 Å². The fraction of sp³-hybridized carbons (Fsp3) is 0.0588. The van der Waals surface area contributed by atoms with Crippen LogP contribution in [0.1, 0.15) is 0 Å². The Balaban J connectivity index is 2.10. The van der Waals surface area contributed by atoms with Crippen molar-refractivity contribution in [3.05, 3.63) is 70.8 Å². The molecule has 0 aliphatic heterocycles. The van der Waals surface area contributed by atoms with Crippen LogP contribution in [0.15, 0.2) is 65.6 Å². The van der Waals surface area contributed by atoms with E-state index in [1.54, 1.807) is 24.3 Å². The Labute approximate surface area is 144 Å². The maximum Gasteiger partial charge on any atom is 0.293 e. The van der Waals surface area contributed by atoms with Gasteiger partial charge in [-0.3, -0.25) is 14.8 Å². The number of benzene rings is 3. The lowest BCUT2D eigenvalue weighted by atomic mass is 10.1. The molecular formula is C17H14N2O5S. The number of anilines is 1. The molecule has 0 heterocycles. The van der Waals surface area contributed by atoms with Crippen molar-refractivity contribution in [2.75, 3.05) is 11.8 Å². The summed E-state index contributed by atoms with van der Waals surface area (Å²) in [5.74, 6) is 0.204. The van der Waals surface area contributed by atoms with Gasteiger partial charge in [0.05, 0.1) is 23.8 Å². The Bertz CT molecular complexity index is 1060. The molecule has 0 spiro atoms. The molecule has 0 fully saturated rings. The molecule has 128 valence electrons. The van der Waals surface area contributed by atoms with Crippen LogP contribution in [0.4, 0.5) is 11.4 Å². The van der Waals surface area contributed by atoms with E-state index in [2.05, 4.69) is 4.72 Å². The average molecular weight is 358 g/mol. The minimum absolute atomic E-state index is 0.204. The van der Waals surface area contributed by atoms with Crippen molar-refractivity contribution in [2.24, 2.45) is 0 Å². The van der Waals surface area contributed by atoms with Crippen LogP contribution < -0.4 is 9.46 Å². The summed E-state index contributed by atoms with van der Waals surface area (Å²) in [4.78, 5) is 10.1. The Morgan fingerprint density at radius 1 is 1.04 bits per heavy atom. The smallest absolute Gasteiger partial charge is 0.293 e. The third-order valence-electron chi connectivity index (χ3n) is 3.69. The second kappa shape index (κ2) is 6.40. The highest BCUT2D eigenvalue weighted by Gasteiger charge is 2.27. The molecule has 0 amide bonds. The highest BCUT2D eigenvalue weighted by atomic mass is 32.2. The SMILES string of the molecule is COc1ccc(S(=O)(=O)Nc2cccc3ccccc23)c([N+](=O)[O-])c1. The lowest BCUT2D eigenvalue weighted by Gasteiger charge is -2.11. The molecule has 1 N–H and O–H groups in total. The number of hydrogen-bond donors (Lipinski definition) is 1. The van der Waals surface area contributed by atoms with Crippen molar-refractivity contribution >= 4 is 32.2 Å². The van der Waals surface area contributed by atoms with Gasteiger partial charge in [-0.25, -0.2) is 8.42 Å². The summed E-state index contributed by atoms with van der Waals surface area (Å²) in [5.41, 5.74) is -0.199. The number of rotatable bonds is 5. The van der Waals surface area contributed by atoms with E-state index >= 15 is 0 Å². The second-order valence-electron chi connectivity index (χ2n) is 5.22. The van der Waals surface area contributed by atoms with E-state index in [0.717, 1.165) is 17.5 Å². The fourth-order valence-electron chi connectivity index (χ4n) is 2.51. The number of nitrogens with zero attached hydrogens (tertiary/aromatic N) is 1. The van der Waals surface area contributed by atoms with E-state index in [0.29, 0.717) is 11.1 Å². The van der Waals surface area contributed by atoms with Crippen LogP contribution in [0.5, 0.6) is 5.75 Å². The summed E-state index contributed by atoms with van der Waals surface area (Å²) in [6.45, 7) is 0. The highest BCUT2D eigenvalue weighted by Crippen LogP contribution is 2.31. The Morgan fingerprint density at radius 3 is 2.48 bits per heavy atom. The Kier molecular flexibility index (Phi) is 4.28. The van der Waals surface area contributed by atoms with Gasteiger partial charge in [0.15, 0.2) is 4.90 Å². The van der Waals surface area contributed by atoms with Crippen LogP contribution in [-0.4, -0.2) is 20.5 Å². The van der Waals surface area contributed by atoms with Gasteiger partial charge in [-0.15, -0.1) is 0 Å². The molecule has 0 bridgehead atoms. The molecule has 0 aromatic heterocycles. The van der Waals surface area contributed by atoms with E-state index in [9.17, 15) is 18.5 Å². The van der Waals surface area contributed by atoms with Gasteiger partial charge in [-0.2, -0.15) is 0 Å². The van der Waals surface area contributed by atoms with Gasteiger partial charge in [0.1, 0.15) is 5.75 Å². The normalized spacial score (nSPS) is 11.2. The summed E-state index contributed by atoms with van der Waals surface area (Å²) in [5, 5.41) is 12.8. The summed E-state index contributed by atoms with van der Waals surface area (Å²) in [7, 11) is -2.80. The number of hydrogen-bond acceptors (Lipinski definition) is 5. The van der Waals surface area contributed by atoms with E-state index in [-0.39, 0.29) is 5.75 Å². The molecule has 7 nitrogen and oxygen atoms in total. The zero-order valence-electron chi connectivity index (χ0n) is 13.2. The Hall–Kier alpha value is -3.13. The lowest BCUT2D eigenvalue weighted by Crippen LogP contribution is -2.15. The molecule has 0 atom stereocenters. The molecule has 25 heavy (non-hydrogen) atoms. The van der Waals surface area contributed by atoms with Crippen LogP contribution in [0, 0.1) is 10.1 Å². The predicted molar refractivity (Wildman–Crippen MR) is 94.4 cm³/mol. The van der Waals surface area contributed by atoms with E-state index in [4.69, 9.17) is 4.74 Å². The van der Waals surface area contributed by atoms with Crippen LogP contribution in [0.25, 0.3) is 10.8 Å². The lowest BCUT2D eigenvalue weighted by molar-refractivity contribution is -0.387. The van der Waals surface area contributed by atoms with Crippen LogP contribution in [0.3, 0.4) is 0 Å². The minimum atomic E-state index is -4.15. The number of ether oxygens (including phenoxy) is 1. The first-order valence-electron chi connectivity index (χ1n) is 7.25. The largest absolute Gasteiger partial charge is 0.497 e. The van der Waals surface area contributed by atoms with Crippen LogP contribution >= 0.6 is 0 Å². The number of nitro groups is 1. The average Bonchev–Trinajstić information content (AvgIpc) is 2.61. The van der Waals surface area contributed by atoms with Gasteiger partial charge in [0.25, 0.3) is 15.7 Å². The first-order chi connectivity index (χ1) is 11.9. The standard InChI is InChI=1S/C17H14N2O5S/c1-24-13-9-10-17(16(11-13)19(20)21)25(22,23)18-15-8-4-6-12-5-2-3-7-14(12)15/h2-11,18H,1H3. The van der Waals surface area contributed by atoms with Gasteiger partial charge < -0.3 is 4.74 Å². The number of nitro benzene ring substituents is 1. The molecule has 3 rings (SSSR count). The van der Waals surface area contributed by atoms with Crippen LogP contribution in [0.2, 0.25) is 0 Å². The molecule has 0 saturated heterocycles. The fourth-order valence-corrected chi connectivity index (χ4v) is 3.74. The van der Waals surface area contributed by atoms with E-state index in [1.807, 2.05) is 18.2 Å². The number of sulfonamides is 1. The van der Waals surface area contributed by atoms with Crippen molar-refractivity contribution in [3.8, 4) is 5.75 Å². The van der Waals surface area contributed by atoms with Crippen molar-refractivity contribution < 1.29 is 18.1 Å². The molecular weight excluding hydrogens is 344 g/mol. The molecule has 0 aliphatic carbocycles. The van der Waals surface area contributed by atoms with Gasteiger partial charge in [-0.1, -0.05) is 36.4 Å². The van der Waals surface area contributed by atoms with Crippen LogP contribution in [-0.2, 0) is 10.0 Å². The monoisotopic (exact) mass is 358 g/mol. The van der Waals surface area contributed by atoms with Gasteiger partial charge in [-0.05, 0) is 23.6 Å². The highest BCUT2D eigenvalue weighted by molar-refractivity contribution is 7.92. The number of fused-ring (bicyclic) bond motifs is 1. The van der Waals surface area contributed by atoms with E-state index in [1.165, 1.54) is 13.2 Å². The second-order valence-corrected chi connectivity index (χ2v) is 6.87. The Morgan fingerprint density at radius 2 is 1.76 bits per heavy atom. The van der Waals surface area contributed by atoms with Crippen molar-refractivity contribution in [2.45, 2.75) is 4.90 Å². The number of methoxy groups -OCH3 is 1. The molecule has 0 radical (unpaired) electrons. The third-order valence-corrected chi connectivity index (χ3v) is 5.10.